The van der Waals surface area contributed by atoms with Crippen LogP contribution in [0.15, 0.2) is 46.4 Å². The van der Waals surface area contributed by atoms with Gasteiger partial charge in [-0.15, -0.1) is 0 Å². The van der Waals surface area contributed by atoms with Gasteiger partial charge in [-0.1, -0.05) is 34.8 Å². The first-order valence-electron chi connectivity index (χ1n) is 16.5. The molecule has 19 heteroatoms. The summed E-state index contributed by atoms with van der Waals surface area (Å²) < 4.78 is 19.4. The zero-order chi connectivity index (χ0) is 38.3. The zero-order valence-electron chi connectivity index (χ0n) is 28.1. The van der Waals surface area contributed by atoms with Crippen LogP contribution in [0, 0.1) is 0 Å². The van der Waals surface area contributed by atoms with Crippen LogP contribution < -0.4 is 15.8 Å². The van der Waals surface area contributed by atoms with Crippen LogP contribution in [0.3, 0.4) is 0 Å². The number of Topliss-reactive ketones (excluding diaryl/α,β-unsaturated/α-hetero) is 1. The van der Waals surface area contributed by atoms with Crippen molar-refractivity contribution in [2.24, 2.45) is 0 Å². The SMILES string of the molecule is O=C(O)c1c2n(c3cc(Cl)cnc3c1=O)CCOC2.O=C(O)c1c2n(c3cc(Cl)cnc3c1=O)CCOC2.O=C1CC2COCCN2c2cc(Cl)cnc21. The minimum atomic E-state index is -1.27. The van der Waals surface area contributed by atoms with Gasteiger partial charge in [0, 0.05) is 44.6 Å². The molecule has 280 valence electrons. The summed E-state index contributed by atoms with van der Waals surface area (Å²) in [5.74, 6) is -2.45. The molecule has 5 aromatic rings. The molecular weight excluding hydrogens is 771 g/mol. The number of carbonyl (C=O) groups excluding carboxylic acids is 1. The maximum atomic E-state index is 12.2. The molecule has 0 aliphatic carbocycles. The Morgan fingerprint density at radius 3 is 1.69 bits per heavy atom. The molecule has 1 fully saturated rings. The number of fused-ring (bicyclic) bond motifs is 9. The van der Waals surface area contributed by atoms with Gasteiger partial charge in [0.1, 0.15) is 27.9 Å². The number of ether oxygens (including phenoxy) is 3. The molecule has 5 aromatic heterocycles. The highest BCUT2D eigenvalue weighted by atomic mass is 35.5. The third-order valence-electron chi connectivity index (χ3n) is 9.24. The molecule has 0 radical (unpaired) electrons. The number of halogens is 3. The topological polar surface area (TPSA) is 205 Å². The van der Waals surface area contributed by atoms with E-state index in [1.807, 2.05) is 6.07 Å². The van der Waals surface area contributed by atoms with Crippen LogP contribution in [0.5, 0.6) is 0 Å². The van der Waals surface area contributed by atoms with E-state index in [1.54, 1.807) is 21.3 Å². The quantitative estimate of drug-likeness (QED) is 0.258. The maximum absolute atomic E-state index is 12.2. The van der Waals surface area contributed by atoms with Gasteiger partial charge in [-0.05, 0) is 18.2 Å². The lowest BCUT2D eigenvalue weighted by Crippen LogP contribution is -2.49. The van der Waals surface area contributed by atoms with E-state index in [-0.39, 0.29) is 47.2 Å². The van der Waals surface area contributed by atoms with Crippen molar-refractivity contribution in [3.05, 3.63) is 101 Å². The molecular formula is C35H29Cl3N6O10. The Morgan fingerprint density at radius 1 is 0.685 bits per heavy atom. The number of aromatic nitrogens is 5. The summed E-state index contributed by atoms with van der Waals surface area (Å²) in [5.41, 5.74) is 1.69. The van der Waals surface area contributed by atoms with Crippen LogP contribution in [0.25, 0.3) is 22.1 Å². The fourth-order valence-electron chi connectivity index (χ4n) is 6.89. The fourth-order valence-corrected chi connectivity index (χ4v) is 7.35. The first kappa shape index (κ1) is 37.3. The van der Waals surface area contributed by atoms with E-state index in [2.05, 4.69) is 19.9 Å². The van der Waals surface area contributed by atoms with Gasteiger partial charge >= 0.3 is 11.9 Å². The van der Waals surface area contributed by atoms with E-state index in [4.69, 9.17) is 49.0 Å². The molecule has 0 saturated carbocycles. The summed E-state index contributed by atoms with van der Waals surface area (Å²) >= 11 is 17.7. The summed E-state index contributed by atoms with van der Waals surface area (Å²) in [5, 5.41) is 19.8. The molecule has 4 aliphatic rings. The second kappa shape index (κ2) is 15.4. The molecule has 0 amide bonds. The van der Waals surface area contributed by atoms with Crippen molar-refractivity contribution in [1.29, 1.82) is 0 Å². The number of hydrogen-bond acceptors (Lipinski definition) is 12. The molecule has 4 aliphatic heterocycles. The molecule has 1 saturated heterocycles. The normalized spacial score (nSPS) is 17.2. The van der Waals surface area contributed by atoms with Crippen LogP contribution in [-0.2, 0) is 40.5 Å². The van der Waals surface area contributed by atoms with Crippen LogP contribution in [-0.4, -0.2) is 91.0 Å². The van der Waals surface area contributed by atoms with Gasteiger partial charge in [0.25, 0.3) is 0 Å². The number of aromatic carboxylic acids is 2. The average molecular weight is 800 g/mol. The van der Waals surface area contributed by atoms with Crippen molar-refractivity contribution in [3.63, 3.8) is 0 Å². The van der Waals surface area contributed by atoms with Crippen molar-refractivity contribution < 1.29 is 38.8 Å². The number of carbonyl (C=O) groups is 3. The van der Waals surface area contributed by atoms with E-state index >= 15 is 0 Å². The van der Waals surface area contributed by atoms with E-state index in [1.165, 1.54) is 18.6 Å². The van der Waals surface area contributed by atoms with Gasteiger partial charge in [-0.2, -0.15) is 0 Å². The molecule has 1 atom stereocenters. The van der Waals surface area contributed by atoms with Crippen molar-refractivity contribution in [2.45, 2.75) is 38.8 Å². The lowest BCUT2D eigenvalue weighted by molar-refractivity contribution is 0.0646. The summed E-state index contributed by atoms with van der Waals surface area (Å²) in [6.45, 7) is 4.13. The Morgan fingerprint density at radius 2 is 1.17 bits per heavy atom. The number of carboxylic acids is 2. The first-order chi connectivity index (χ1) is 25.9. The standard InChI is InChI=1S/2C12H9ClN2O4.C11H11ClN2O2/c2*13-6-3-7-10(14-4-6)11(16)9(12(17)18)8-5-19-2-1-15(7)8;12-7-3-9-11(13-5-7)10(15)4-8-6-16-2-1-14(8)9/h2*3-4H,1-2,5H2,(H,17,18);3,5,8H,1-2,4,6H2. The lowest BCUT2D eigenvalue weighted by atomic mass is 9.98. The van der Waals surface area contributed by atoms with E-state index in [9.17, 15) is 34.2 Å². The monoisotopic (exact) mass is 798 g/mol. The molecule has 9 heterocycles. The van der Waals surface area contributed by atoms with Gasteiger partial charge in [0.2, 0.25) is 10.9 Å². The second-order valence-electron chi connectivity index (χ2n) is 12.4. The van der Waals surface area contributed by atoms with Crippen LogP contribution in [0.4, 0.5) is 5.69 Å². The lowest BCUT2D eigenvalue weighted by Gasteiger charge is -2.40. The van der Waals surface area contributed by atoms with Crippen molar-refractivity contribution in [1.82, 2.24) is 24.1 Å². The van der Waals surface area contributed by atoms with Gasteiger partial charge in [0.15, 0.2) is 5.78 Å². The van der Waals surface area contributed by atoms with Crippen molar-refractivity contribution >= 4 is 80.3 Å². The Labute approximate surface area is 319 Å². The molecule has 54 heavy (non-hydrogen) atoms. The highest BCUT2D eigenvalue weighted by Crippen LogP contribution is 2.32. The first-order valence-corrected chi connectivity index (χ1v) is 17.6. The summed E-state index contributed by atoms with van der Waals surface area (Å²) in [6.07, 6.45) is 4.69. The number of nitrogens with zero attached hydrogens (tertiary/aromatic N) is 6. The number of pyridine rings is 5. The van der Waals surface area contributed by atoms with Gasteiger partial charge in [-0.3, -0.25) is 14.4 Å². The predicted octanol–water partition coefficient (Wildman–Crippen LogP) is 4.08. The number of ketones is 1. The molecule has 1 unspecified atom stereocenters. The third kappa shape index (κ3) is 7.03. The van der Waals surface area contributed by atoms with Gasteiger partial charge in [0.05, 0.1) is 88.9 Å². The van der Waals surface area contributed by atoms with Gasteiger partial charge in [-0.25, -0.2) is 24.5 Å². The largest absolute Gasteiger partial charge is 0.477 e. The Bertz CT molecular complexity index is 2360. The average Bonchev–Trinajstić information content (AvgIpc) is 3.15. The van der Waals surface area contributed by atoms with Crippen LogP contribution >= 0.6 is 34.8 Å². The Balaban J connectivity index is 0.000000126. The molecule has 0 aromatic carbocycles. The van der Waals surface area contributed by atoms with E-state index < -0.39 is 22.8 Å². The van der Waals surface area contributed by atoms with Crippen molar-refractivity contribution in [3.8, 4) is 0 Å². The second-order valence-corrected chi connectivity index (χ2v) is 13.7. The minimum absolute atomic E-state index is 0.0819. The van der Waals surface area contributed by atoms with Crippen molar-refractivity contribution in [2.75, 3.05) is 37.9 Å². The third-order valence-corrected chi connectivity index (χ3v) is 9.86. The number of morpholine rings is 1. The van der Waals surface area contributed by atoms with E-state index in [0.29, 0.717) is 89.1 Å². The summed E-state index contributed by atoms with van der Waals surface area (Å²) in [7, 11) is 0. The van der Waals surface area contributed by atoms with Crippen LogP contribution in [0.2, 0.25) is 15.1 Å². The van der Waals surface area contributed by atoms with Crippen LogP contribution in [0.1, 0.15) is 49.0 Å². The molecule has 2 N–H and O–H groups in total. The molecule has 0 spiro atoms. The number of carboxylic acid groups (broad SMARTS) is 2. The minimum Gasteiger partial charge on any atom is -0.477 e. The number of anilines is 1. The smallest absolute Gasteiger partial charge is 0.341 e. The zero-order valence-corrected chi connectivity index (χ0v) is 30.4. The summed E-state index contributed by atoms with van der Waals surface area (Å²) in [6, 6.07) is 5.20. The number of hydrogen-bond donors (Lipinski definition) is 2. The molecule has 16 nitrogen and oxygen atoms in total. The van der Waals surface area contributed by atoms with Gasteiger partial charge < -0.3 is 38.5 Å². The molecule has 9 rings (SSSR count). The Kier molecular flexibility index (Phi) is 10.7. The molecule has 0 bridgehead atoms. The summed E-state index contributed by atoms with van der Waals surface area (Å²) in [4.78, 5) is 73.1. The maximum Gasteiger partial charge on any atom is 0.341 e. The predicted molar refractivity (Wildman–Crippen MR) is 195 cm³/mol. The fraction of sp³-hybridized carbons (Fsp3) is 0.314. The highest BCUT2D eigenvalue weighted by molar-refractivity contribution is 6.31. The Hall–Kier alpha value is -4.97. The van der Waals surface area contributed by atoms with E-state index in [0.717, 1.165) is 12.2 Å². The highest BCUT2D eigenvalue weighted by Gasteiger charge is 2.34. The number of rotatable bonds is 2.